The highest BCUT2D eigenvalue weighted by Gasteiger charge is 2.14. The van der Waals surface area contributed by atoms with E-state index in [9.17, 15) is 9.59 Å². The van der Waals surface area contributed by atoms with Crippen LogP contribution in [0.25, 0.3) is 0 Å². The molecule has 0 amide bonds. The largest absolute Gasteiger partial charge is 0.462 e. The molecular weight excluding hydrogens is 208 g/mol. The summed E-state index contributed by atoms with van der Waals surface area (Å²) in [5.41, 5.74) is 0.143. The number of aryl methyl sites for hydroxylation is 1. The number of esters is 1. The highest BCUT2D eigenvalue weighted by Crippen LogP contribution is 1.98. The van der Waals surface area contributed by atoms with Crippen molar-refractivity contribution in [2.45, 2.75) is 20.4 Å². The molecule has 0 saturated heterocycles. The van der Waals surface area contributed by atoms with Crippen LogP contribution in [-0.4, -0.2) is 22.4 Å². The van der Waals surface area contributed by atoms with Gasteiger partial charge < -0.3 is 4.74 Å². The standard InChI is InChI=1S/C11H14N2O3/c1-4-6-13-10(14)9(7-8(3)12-13)11(15)16-5-2/h4,7H,1,5-6H2,2-3H3. The van der Waals surface area contributed by atoms with E-state index in [0.717, 1.165) is 0 Å². The van der Waals surface area contributed by atoms with Gasteiger partial charge in [0.1, 0.15) is 5.56 Å². The first kappa shape index (κ1) is 12.2. The van der Waals surface area contributed by atoms with Crippen molar-refractivity contribution in [3.8, 4) is 0 Å². The Bertz CT molecular complexity index is 463. The first-order valence-electron chi connectivity index (χ1n) is 4.97. The Morgan fingerprint density at radius 3 is 2.94 bits per heavy atom. The van der Waals surface area contributed by atoms with E-state index >= 15 is 0 Å². The van der Waals surface area contributed by atoms with Crippen molar-refractivity contribution in [2.75, 3.05) is 6.61 Å². The van der Waals surface area contributed by atoms with Gasteiger partial charge in [-0.2, -0.15) is 5.10 Å². The number of hydrogen-bond acceptors (Lipinski definition) is 4. The van der Waals surface area contributed by atoms with Crippen molar-refractivity contribution in [3.05, 3.63) is 40.3 Å². The predicted molar refractivity (Wildman–Crippen MR) is 59.4 cm³/mol. The molecular formula is C11H14N2O3. The molecule has 0 radical (unpaired) electrons. The molecule has 1 rings (SSSR count). The smallest absolute Gasteiger partial charge is 0.343 e. The lowest BCUT2D eigenvalue weighted by Gasteiger charge is -2.06. The lowest BCUT2D eigenvalue weighted by atomic mass is 10.2. The Morgan fingerprint density at radius 2 is 2.38 bits per heavy atom. The van der Waals surface area contributed by atoms with Gasteiger partial charge in [-0.25, -0.2) is 9.48 Å². The van der Waals surface area contributed by atoms with Crippen LogP contribution in [0.4, 0.5) is 0 Å². The topological polar surface area (TPSA) is 61.2 Å². The molecule has 16 heavy (non-hydrogen) atoms. The third kappa shape index (κ3) is 2.56. The zero-order valence-corrected chi connectivity index (χ0v) is 9.40. The van der Waals surface area contributed by atoms with Crippen molar-refractivity contribution >= 4 is 5.97 Å². The Morgan fingerprint density at radius 1 is 1.69 bits per heavy atom. The second kappa shape index (κ2) is 5.25. The molecule has 86 valence electrons. The van der Waals surface area contributed by atoms with Crippen molar-refractivity contribution in [3.63, 3.8) is 0 Å². The van der Waals surface area contributed by atoms with E-state index in [0.29, 0.717) is 5.69 Å². The average Bonchev–Trinajstić information content (AvgIpc) is 2.23. The number of nitrogens with zero attached hydrogens (tertiary/aromatic N) is 2. The SMILES string of the molecule is C=CCn1nc(C)cc(C(=O)OCC)c1=O. The first-order valence-corrected chi connectivity index (χ1v) is 4.97. The molecule has 1 aromatic rings. The molecule has 0 aromatic carbocycles. The van der Waals surface area contributed by atoms with Crippen LogP contribution >= 0.6 is 0 Å². The Labute approximate surface area is 93.4 Å². The molecule has 0 N–H and O–H groups in total. The van der Waals surface area contributed by atoms with Crippen LogP contribution in [0.2, 0.25) is 0 Å². The molecule has 0 fully saturated rings. The Balaban J connectivity index is 3.23. The minimum absolute atomic E-state index is 0.0104. The summed E-state index contributed by atoms with van der Waals surface area (Å²) >= 11 is 0. The van der Waals surface area contributed by atoms with Gasteiger partial charge in [-0.15, -0.1) is 6.58 Å². The summed E-state index contributed by atoms with van der Waals surface area (Å²) in [6.07, 6.45) is 1.54. The Hall–Kier alpha value is -1.91. The fourth-order valence-electron chi connectivity index (χ4n) is 1.28. The average molecular weight is 222 g/mol. The molecule has 0 unspecified atom stereocenters. The van der Waals surface area contributed by atoms with E-state index < -0.39 is 11.5 Å². The van der Waals surface area contributed by atoms with Crippen LogP contribution in [0.5, 0.6) is 0 Å². The Kier molecular flexibility index (Phi) is 3.99. The second-order valence-electron chi connectivity index (χ2n) is 3.20. The van der Waals surface area contributed by atoms with Gasteiger partial charge >= 0.3 is 5.97 Å². The molecule has 5 nitrogen and oxygen atoms in total. The highest BCUT2D eigenvalue weighted by atomic mass is 16.5. The zero-order chi connectivity index (χ0) is 12.1. The maximum atomic E-state index is 11.8. The number of rotatable bonds is 4. The summed E-state index contributed by atoms with van der Waals surface area (Å²) in [6.45, 7) is 7.43. The van der Waals surface area contributed by atoms with Gasteiger partial charge in [0.2, 0.25) is 0 Å². The third-order valence-corrected chi connectivity index (χ3v) is 1.89. The number of aromatic nitrogens is 2. The van der Waals surface area contributed by atoms with E-state index in [-0.39, 0.29) is 18.7 Å². The van der Waals surface area contributed by atoms with E-state index in [1.807, 2.05) is 0 Å². The minimum Gasteiger partial charge on any atom is -0.462 e. The molecule has 0 atom stereocenters. The second-order valence-corrected chi connectivity index (χ2v) is 3.20. The number of carbonyl (C=O) groups excluding carboxylic acids is 1. The molecule has 5 heteroatoms. The van der Waals surface area contributed by atoms with Crippen molar-refractivity contribution in [2.24, 2.45) is 0 Å². The molecule has 0 aliphatic rings. The fraction of sp³-hybridized carbons (Fsp3) is 0.364. The minimum atomic E-state index is -0.615. The first-order chi connectivity index (χ1) is 7.60. The monoisotopic (exact) mass is 222 g/mol. The molecule has 0 bridgehead atoms. The van der Waals surface area contributed by atoms with E-state index in [2.05, 4.69) is 11.7 Å². The maximum absolute atomic E-state index is 11.8. The number of hydrogen-bond donors (Lipinski definition) is 0. The zero-order valence-electron chi connectivity index (χ0n) is 9.40. The lowest BCUT2D eigenvalue weighted by Crippen LogP contribution is -2.29. The van der Waals surface area contributed by atoms with Gasteiger partial charge in [0.15, 0.2) is 0 Å². The summed E-state index contributed by atoms with van der Waals surface area (Å²) in [5.74, 6) is -0.615. The quantitative estimate of drug-likeness (QED) is 0.561. The van der Waals surface area contributed by atoms with E-state index in [1.165, 1.54) is 10.7 Å². The van der Waals surface area contributed by atoms with Crippen LogP contribution in [0, 0.1) is 6.92 Å². The van der Waals surface area contributed by atoms with Crippen LogP contribution in [0.1, 0.15) is 23.0 Å². The summed E-state index contributed by atoms with van der Waals surface area (Å²) in [7, 11) is 0. The van der Waals surface area contributed by atoms with Gasteiger partial charge in [-0.05, 0) is 19.9 Å². The fourth-order valence-corrected chi connectivity index (χ4v) is 1.28. The van der Waals surface area contributed by atoms with Crippen molar-refractivity contribution in [1.29, 1.82) is 0 Å². The predicted octanol–water partition coefficient (Wildman–Crippen LogP) is 0.914. The molecule has 1 heterocycles. The number of allylic oxidation sites excluding steroid dienone is 1. The summed E-state index contributed by atoms with van der Waals surface area (Å²) in [6, 6.07) is 1.43. The number of carbonyl (C=O) groups is 1. The van der Waals surface area contributed by atoms with Crippen LogP contribution in [0.3, 0.4) is 0 Å². The van der Waals surface area contributed by atoms with E-state index in [1.54, 1.807) is 19.9 Å². The molecule has 1 aromatic heterocycles. The molecule has 0 aliphatic heterocycles. The molecule has 0 aliphatic carbocycles. The molecule has 0 spiro atoms. The van der Waals surface area contributed by atoms with Gasteiger partial charge in [0.05, 0.1) is 18.8 Å². The van der Waals surface area contributed by atoms with Gasteiger partial charge in [-0.3, -0.25) is 4.79 Å². The molecule has 0 saturated carbocycles. The summed E-state index contributed by atoms with van der Waals surface area (Å²) in [5, 5.41) is 3.99. The van der Waals surface area contributed by atoms with Crippen LogP contribution < -0.4 is 5.56 Å². The van der Waals surface area contributed by atoms with Crippen LogP contribution in [0.15, 0.2) is 23.5 Å². The summed E-state index contributed by atoms with van der Waals surface area (Å²) in [4.78, 5) is 23.3. The summed E-state index contributed by atoms with van der Waals surface area (Å²) < 4.78 is 5.98. The van der Waals surface area contributed by atoms with Crippen LogP contribution in [-0.2, 0) is 11.3 Å². The maximum Gasteiger partial charge on any atom is 0.343 e. The van der Waals surface area contributed by atoms with Gasteiger partial charge in [0.25, 0.3) is 5.56 Å². The highest BCUT2D eigenvalue weighted by molar-refractivity contribution is 5.88. The van der Waals surface area contributed by atoms with Gasteiger partial charge in [0, 0.05) is 0 Å². The normalized spacial score (nSPS) is 9.88. The number of ether oxygens (including phenoxy) is 1. The van der Waals surface area contributed by atoms with E-state index in [4.69, 9.17) is 4.74 Å². The van der Waals surface area contributed by atoms with Crippen molar-refractivity contribution < 1.29 is 9.53 Å². The third-order valence-electron chi connectivity index (χ3n) is 1.89. The lowest BCUT2D eigenvalue weighted by molar-refractivity contribution is 0.0523. The van der Waals surface area contributed by atoms with Crippen molar-refractivity contribution in [1.82, 2.24) is 9.78 Å². The van der Waals surface area contributed by atoms with Gasteiger partial charge in [-0.1, -0.05) is 6.08 Å².